The molecule has 0 aromatic carbocycles. The molecule has 0 aromatic rings. The van der Waals surface area contributed by atoms with Crippen molar-refractivity contribution in [1.29, 1.82) is 0 Å². The molecule has 0 saturated heterocycles. The van der Waals surface area contributed by atoms with Crippen LogP contribution in [0.2, 0.25) is 0 Å². The van der Waals surface area contributed by atoms with E-state index in [9.17, 15) is 0 Å². The van der Waals surface area contributed by atoms with Crippen LogP contribution in [0.25, 0.3) is 0 Å². The van der Waals surface area contributed by atoms with E-state index < -0.39 is 0 Å². The van der Waals surface area contributed by atoms with Crippen LogP contribution in [0.4, 0.5) is 0 Å². The first-order chi connectivity index (χ1) is 3.66. The van der Waals surface area contributed by atoms with Crippen molar-refractivity contribution in [3.63, 3.8) is 0 Å². The second-order valence-electron chi connectivity index (χ2n) is 2.44. The summed E-state index contributed by atoms with van der Waals surface area (Å²) < 4.78 is 0. The van der Waals surface area contributed by atoms with Gasteiger partial charge >= 0.3 is 0 Å². The van der Waals surface area contributed by atoms with Gasteiger partial charge in [-0.15, -0.1) is 0 Å². The maximum Gasteiger partial charge on any atom is 0.236 e. The number of nitrogens with zero attached hydrogens (tertiary/aromatic N) is 4. The van der Waals surface area contributed by atoms with E-state index in [-0.39, 0.29) is 11.3 Å². The summed E-state index contributed by atoms with van der Waals surface area (Å²) in [5, 5.41) is 15.2. The molecule has 8 heavy (non-hydrogen) atoms. The van der Waals surface area contributed by atoms with E-state index in [1.54, 1.807) is 0 Å². The molecule has 2 aliphatic rings. The van der Waals surface area contributed by atoms with Crippen LogP contribution in [0.3, 0.4) is 0 Å². The van der Waals surface area contributed by atoms with Crippen LogP contribution < -0.4 is 0 Å². The molecule has 4 nitrogen and oxygen atoms in total. The standard InChI is InChI=1S/C4H6N4/c1-3(5-6-3)4(2)7-8-4/h1-2H3. The van der Waals surface area contributed by atoms with Crippen molar-refractivity contribution in [2.24, 2.45) is 20.5 Å². The van der Waals surface area contributed by atoms with E-state index in [0.29, 0.717) is 0 Å². The zero-order chi connectivity index (χ0) is 5.83. The minimum Gasteiger partial charge on any atom is -0.154 e. The highest BCUT2D eigenvalue weighted by molar-refractivity contribution is 5.12. The van der Waals surface area contributed by atoms with E-state index in [4.69, 9.17) is 0 Å². The van der Waals surface area contributed by atoms with Crippen LogP contribution in [0.1, 0.15) is 13.8 Å². The third kappa shape index (κ3) is 0.277. The Morgan fingerprint density at radius 2 is 1.00 bits per heavy atom. The van der Waals surface area contributed by atoms with Crippen molar-refractivity contribution >= 4 is 0 Å². The summed E-state index contributed by atoms with van der Waals surface area (Å²) >= 11 is 0. The van der Waals surface area contributed by atoms with Crippen LogP contribution in [-0.2, 0) is 0 Å². The Balaban J connectivity index is 2.18. The normalized spacial score (nSPS) is 32.8. The fourth-order valence-electron chi connectivity index (χ4n) is 0.529. The molecule has 0 aliphatic carbocycles. The van der Waals surface area contributed by atoms with Crippen molar-refractivity contribution in [2.75, 3.05) is 0 Å². The minimum absolute atomic E-state index is 0.285. The van der Waals surface area contributed by atoms with Gasteiger partial charge in [0.05, 0.1) is 0 Å². The third-order valence-electron chi connectivity index (χ3n) is 1.70. The van der Waals surface area contributed by atoms with Gasteiger partial charge in [0.2, 0.25) is 11.3 Å². The van der Waals surface area contributed by atoms with E-state index in [1.807, 2.05) is 13.8 Å². The lowest BCUT2D eigenvalue weighted by molar-refractivity contribution is 0.483. The molecule has 0 unspecified atom stereocenters. The second kappa shape index (κ2) is 0.726. The maximum atomic E-state index is 3.81. The largest absolute Gasteiger partial charge is 0.236 e. The van der Waals surface area contributed by atoms with Gasteiger partial charge in [-0.2, -0.15) is 20.5 Å². The Morgan fingerprint density at radius 3 is 1.12 bits per heavy atom. The molecule has 2 aliphatic heterocycles. The lowest BCUT2D eigenvalue weighted by Gasteiger charge is -2.03. The van der Waals surface area contributed by atoms with Crippen molar-refractivity contribution in [1.82, 2.24) is 0 Å². The summed E-state index contributed by atoms with van der Waals surface area (Å²) in [6.45, 7) is 3.85. The fourth-order valence-corrected chi connectivity index (χ4v) is 0.529. The van der Waals surface area contributed by atoms with Gasteiger partial charge in [-0.3, -0.25) is 0 Å². The molecule has 2 rings (SSSR count). The van der Waals surface area contributed by atoms with Gasteiger partial charge in [0.25, 0.3) is 0 Å². The Hall–Kier alpha value is -0.800. The average Bonchev–Trinajstić information content (AvgIpc) is 2.46. The quantitative estimate of drug-likeness (QED) is 0.489. The highest BCUT2D eigenvalue weighted by Gasteiger charge is 2.60. The first kappa shape index (κ1) is 4.12. The van der Waals surface area contributed by atoms with Gasteiger partial charge in [-0.1, -0.05) is 0 Å². The molecule has 0 atom stereocenters. The monoisotopic (exact) mass is 110 g/mol. The first-order valence-electron chi connectivity index (χ1n) is 2.54. The van der Waals surface area contributed by atoms with Gasteiger partial charge in [-0.25, -0.2) is 0 Å². The van der Waals surface area contributed by atoms with Crippen LogP contribution >= 0.6 is 0 Å². The predicted molar refractivity (Wildman–Crippen MR) is 26.5 cm³/mol. The van der Waals surface area contributed by atoms with Gasteiger partial charge < -0.3 is 0 Å². The summed E-state index contributed by atoms with van der Waals surface area (Å²) in [4.78, 5) is 0. The average molecular weight is 110 g/mol. The molecule has 0 bridgehead atoms. The molecule has 0 saturated carbocycles. The van der Waals surface area contributed by atoms with E-state index in [2.05, 4.69) is 20.5 Å². The lowest BCUT2D eigenvalue weighted by atomic mass is 10.1. The van der Waals surface area contributed by atoms with Gasteiger partial charge in [0, 0.05) is 0 Å². The topological polar surface area (TPSA) is 49.4 Å². The van der Waals surface area contributed by atoms with E-state index in [1.165, 1.54) is 0 Å². The van der Waals surface area contributed by atoms with Crippen molar-refractivity contribution < 1.29 is 0 Å². The smallest absolute Gasteiger partial charge is 0.154 e. The molecule has 0 fully saturated rings. The van der Waals surface area contributed by atoms with Crippen LogP contribution in [0.5, 0.6) is 0 Å². The summed E-state index contributed by atoms with van der Waals surface area (Å²) in [7, 11) is 0. The van der Waals surface area contributed by atoms with Crippen molar-refractivity contribution in [3.8, 4) is 0 Å². The third-order valence-corrected chi connectivity index (χ3v) is 1.70. The Morgan fingerprint density at radius 1 is 0.750 bits per heavy atom. The zero-order valence-electron chi connectivity index (χ0n) is 4.79. The minimum atomic E-state index is -0.285. The maximum absolute atomic E-state index is 3.81. The Kier molecular flexibility index (Phi) is 0.373. The van der Waals surface area contributed by atoms with Crippen LogP contribution in [-0.4, -0.2) is 11.3 Å². The van der Waals surface area contributed by atoms with E-state index >= 15 is 0 Å². The lowest BCUT2D eigenvalue weighted by Crippen LogP contribution is -2.26. The first-order valence-corrected chi connectivity index (χ1v) is 2.54. The fraction of sp³-hybridized carbons (Fsp3) is 1.00. The molecule has 0 radical (unpaired) electrons. The van der Waals surface area contributed by atoms with Crippen molar-refractivity contribution in [3.05, 3.63) is 0 Å². The van der Waals surface area contributed by atoms with Gasteiger partial charge in [-0.05, 0) is 13.8 Å². The summed E-state index contributed by atoms with van der Waals surface area (Å²) in [5.41, 5.74) is -0.569. The predicted octanol–water partition coefficient (Wildman–Crippen LogP) is 1.35. The molecular formula is C4H6N4. The molecular weight excluding hydrogens is 104 g/mol. The molecule has 0 spiro atoms. The molecule has 4 heteroatoms. The summed E-state index contributed by atoms with van der Waals surface area (Å²) in [6, 6.07) is 0. The molecule has 42 valence electrons. The molecule has 2 heterocycles. The Labute approximate surface area is 46.7 Å². The van der Waals surface area contributed by atoms with Crippen molar-refractivity contribution in [2.45, 2.75) is 25.2 Å². The number of hydrogen-bond acceptors (Lipinski definition) is 4. The molecule has 0 amide bonds. The highest BCUT2D eigenvalue weighted by atomic mass is 15.6. The molecule has 0 aromatic heterocycles. The van der Waals surface area contributed by atoms with Crippen LogP contribution in [0, 0.1) is 0 Å². The SMILES string of the molecule is CC1(C2(C)N=N2)N=N1. The zero-order valence-corrected chi connectivity index (χ0v) is 4.79. The van der Waals surface area contributed by atoms with E-state index in [0.717, 1.165) is 0 Å². The summed E-state index contributed by atoms with van der Waals surface area (Å²) in [6.07, 6.45) is 0. The van der Waals surface area contributed by atoms with Gasteiger partial charge in [0.1, 0.15) is 0 Å². The van der Waals surface area contributed by atoms with Crippen LogP contribution in [0.15, 0.2) is 20.5 Å². The number of hydrogen-bond donors (Lipinski definition) is 0. The molecule has 0 N–H and O–H groups in total. The number of rotatable bonds is 1. The van der Waals surface area contributed by atoms with Gasteiger partial charge in [0.15, 0.2) is 0 Å². The highest BCUT2D eigenvalue weighted by Crippen LogP contribution is 2.48. The Bertz CT molecular complexity index is 158. The second-order valence-corrected chi connectivity index (χ2v) is 2.44. The summed E-state index contributed by atoms with van der Waals surface area (Å²) in [5.74, 6) is 0.